The maximum absolute atomic E-state index is 12.2. The molecule has 2 aromatic rings. The number of para-hydroxylation sites is 1. The number of hydrogen-bond acceptors (Lipinski definition) is 4. The second-order valence-electron chi connectivity index (χ2n) is 5.55. The first-order valence-corrected chi connectivity index (χ1v) is 8.40. The lowest BCUT2D eigenvalue weighted by molar-refractivity contribution is -0.124. The molecule has 25 heavy (non-hydrogen) atoms. The molecule has 5 heteroatoms. The van der Waals surface area contributed by atoms with Crippen LogP contribution in [0.15, 0.2) is 54.6 Å². The van der Waals surface area contributed by atoms with E-state index in [-0.39, 0.29) is 12.5 Å². The van der Waals surface area contributed by atoms with E-state index in [2.05, 4.69) is 5.32 Å². The number of esters is 1. The molecular formula is C20H23NO4. The molecule has 0 aliphatic rings. The minimum atomic E-state index is -0.575. The van der Waals surface area contributed by atoms with Crippen molar-refractivity contribution in [1.29, 1.82) is 0 Å². The van der Waals surface area contributed by atoms with Gasteiger partial charge in [0.25, 0.3) is 5.91 Å². The van der Waals surface area contributed by atoms with Gasteiger partial charge in [0, 0.05) is 6.54 Å². The smallest absolute Gasteiger partial charge is 0.342 e. The van der Waals surface area contributed by atoms with Crippen LogP contribution < -0.4 is 10.1 Å². The molecule has 132 valence electrons. The summed E-state index contributed by atoms with van der Waals surface area (Å²) >= 11 is 0. The number of hydrogen-bond donors (Lipinski definition) is 1. The van der Waals surface area contributed by atoms with Crippen LogP contribution in [0, 0.1) is 0 Å². The fraction of sp³-hybridized carbons (Fsp3) is 0.300. The molecule has 0 aromatic heterocycles. The molecule has 0 saturated carbocycles. The highest BCUT2D eigenvalue weighted by Gasteiger charge is 2.15. The molecule has 0 aliphatic heterocycles. The Morgan fingerprint density at radius 3 is 2.48 bits per heavy atom. The quantitative estimate of drug-likeness (QED) is 0.561. The van der Waals surface area contributed by atoms with Crippen LogP contribution in [0.4, 0.5) is 0 Å². The van der Waals surface area contributed by atoms with Crippen molar-refractivity contribution in [3.63, 3.8) is 0 Å². The van der Waals surface area contributed by atoms with Gasteiger partial charge in [-0.05, 0) is 24.1 Å². The molecule has 5 nitrogen and oxygen atoms in total. The van der Waals surface area contributed by atoms with Gasteiger partial charge in [0.05, 0.1) is 0 Å². The summed E-state index contributed by atoms with van der Waals surface area (Å²) < 4.78 is 10.8. The zero-order chi connectivity index (χ0) is 17.9. The van der Waals surface area contributed by atoms with Crippen molar-refractivity contribution in [1.82, 2.24) is 5.32 Å². The molecule has 2 aromatic carbocycles. The van der Waals surface area contributed by atoms with Crippen LogP contribution in [-0.4, -0.2) is 25.0 Å². The fourth-order valence-corrected chi connectivity index (χ4v) is 2.16. The highest BCUT2D eigenvalue weighted by Crippen LogP contribution is 2.20. The third-order valence-electron chi connectivity index (χ3n) is 3.53. The summed E-state index contributed by atoms with van der Waals surface area (Å²) in [7, 11) is 0. The van der Waals surface area contributed by atoms with Crippen LogP contribution in [0.3, 0.4) is 0 Å². The largest absolute Gasteiger partial charge is 0.488 e. The molecule has 1 amide bonds. The first-order valence-electron chi connectivity index (χ1n) is 8.40. The molecule has 0 saturated heterocycles. The van der Waals surface area contributed by atoms with Gasteiger partial charge in [-0.2, -0.15) is 0 Å². The molecule has 0 spiro atoms. The highest BCUT2D eigenvalue weighted by molar-refractivity contribution is 5.93. The van der Waals surface area contributed by atoms with Gasteiger partial charge in [0.2, 0.25) is 0 Å². The minimum absolute atomic E-state index is 0.296. The molecular weight excluding hydrogens is 318 g/mol. The van der Waals surface area contributed by atoms with Gasteiger partial charge in [-0.1, -0.05) is 55.8 Å². The van der Waals surface area contributed by atoms with Crippen molar-refractivity contribution in [2.24, 2.45) is 0 Å². The van der Waals surface area contributed by atoms with Gasteiger partial charge >= 0.3 is 5.97 Å². The SMILES string of the molecule is CCCCNC(=O)COC(=O)c1ccccc1OCc1ccccc1. The zero-order valence-electron chi connectivity index (χ0n) is 14.4. The highest BCUT2D eigenvalue weighted by atomic mass is 16.5. The van der Waals surface area contributed by atoms with E-state index < -0.39 is 5.97 Å². The maximum atomic E-state index is 12.2. The number of rotatable bonds is 9. The van der Waals surface area contributed by atoms with Crippen LogP contribution in [0.5, 0.6) is 5.75 Å². The van der Waals surface area contributed by atoms with E-state index in [4.69, 9.17) is 9.47 Å². The van der Waals surface area contributed by atoms with Gasteiger partial charge in [0.1, 0.15) is 17.9 Å². The van der Waals surface area contributed by atoms with E-state index in [1.807, 2.05) is 37.3 Å². The Morgan fingerprint density at radius 2 is 1.72 bits per heavy atom. The molecule has 1 N–H and O–H groups in total. The Balaban J connectivity index is 1.90. The summed E-state index contributed by atoms with van der Waals surface area (Å²) in [6.45, 7) is 2.68. The normalized spacial score (nSPS) is 10.1. The number of unbranched alkanes of at least 4 members (excludes halogenated alkanes) is 1. The van der Waals surface area contributed by atoms with E-state index in [1.54, 1.807) is 24.3 Å². The van der Waals surface area contributed by atoms with Crippen molar-refractivity contribution in [3.05, 3.63) is 65.7 Å². The number of benzene rings is 2. The maximum Gasteiger partial charge on any atom is 0.342 e. The molecule has 0 atom stereocenters. The number of ether oxygens (including phenoxy) is 2. The number of carbonyl (C=O) groups excluding carboxylic acids is 2. The van der Waals surface area contributed by atoms with Crippen molar-refractivity contribution >= 4 is 11.9 Å². The van der Waals surface area contributed by atoms with Gasteiger partial charge in [0.15, 0.2) is 6.61 Å². The number of amides is 1. The van der Waals surface area contributed by atoms with Gasteiger partial charge in [-0.25, -0.2) is 4.79 Å². The van der Waals surface area contributed by atoms with Crippen LogP contribution in [0.1, 0.15) is 35.7 Å². The third kappa shape index (κ3) is 6.30. The fourth-order valence-electron chi connectivity index (χ4n) is 2.16. The monoisotopic (exact) mass is 341 g/mol. The Hall–Kier alpha value is -2.82. The predicted octanol–water partition coefficient (Wildman–Crippen LogP) is 3.34. The Labute approximate surface area is 148 Å². The van der Waals surface area contributed by atoms with Crippen molar-refractivity contribution in [2.75, 3.05) is 13.2 Å². The lowest BCUT2D eigenvalue weighted by Crippen LogP contribution is -2.29. The molecule has 2 rings (SSSR count). The minimum Gasteiger partial charge on any atom is -0.488 e. The number of carbonyl (C=O) groups is 2. The second-order valence-corrected chi connectivity index (χ2v) is 5.55. The Morgan fingerprint density at radius 1 is 1.00 bits per heavy atom. The Kier molecular flexibility index (Phi) is 7.50. The van der Waals surface area contributed by atoms with E-state index in [0.717, 1.165) is 18.4 Å². The molecule has 0 radical (unpaired) electrons. The Bertz CT molecular complexity index is 685. The third-order valence-corrected chi connectivity index (χ3v) is 3.53. The van der Waals surface area contributed by atoms with E-state index in [9.17, 15) is 9.59 Å². The molecule has 0 aliphatic carbocycles. The van der Waals surface area contributed by atoms with Crippen LogP contribution in [0.25, 0.3) is 0 Å². The first-order chi connectivity index (χ1) is 12.2. The van der Waals surface area contributed by atoms with E-state index in [1.165, 1.54) is 0 Å². The lowest BCUT2D eigenvalue weighted by Gasteiger charge is -2.11. The predicted molar refractivity (Wildman–Crippen MR) is 95.4 cm³/mol. The molecule has 0 unspecified atom stereocenters. The summed E-state index contributed by atoms with van der Waals surface area (Å²) in [4.78, 5) is 23.9. The average Bonchev–Trinajstić information content (AvgIpc) is 2.66. The van der Waals surface area contributed by atoms with Gasteiger partial charge in [-0.15, -0.1) is 0 Å². The van der Waals surface area contributed by atoms with Crippen molar-refractivity contribution in [3.8, 4) is 5.75 Å². The van der Waals surface area contributed by atoms with Crippen LogP contribution >= 0.6 is 0 Å². The van der Waals surface area contributed by atoms with E-state index >= 15 is 0 Å². The summed E-state index contributed by atoms with van der Waals surface area (Å²) in [5, 5.41) is 2.70. The molecule has 0 fully saturated rings. The van der Waals surface area contributed by atoms with E-state index in [0.29, 0.717) is 24.5 Å². The van der Waals surface area contributed by atoms with Crippen molar-refractivity contribution in [2.45, 2.75) is 26.4 Å². The van der Waals surface area contributed by atoms with Crippen molar-refractivity contribution < 1.29 is 19.1 Å². The zero-order valence-corrected chi connectivity index (χ0v) is 14.4. The standard InChI is InChI=1S/C20H23NO4/c1-2-3-13-21-19(22)15-25-20(23)17-11-7-8-12-18(17)24-14-16-9-5-4-6-10-16/h4-12H,2-3,13-15H2,1H3,(H,21,22). The summed E-state index contributed by atoms with van der Waals surface area (Å²) in [6.07, 6.45) is 1.89. The van der Waals surface area contributed by atoms with Crippen LogP contribution in [0.2, 0.25) is 0 Å². The summed E-state index contributed by atoms with van der Waals surface area (Å²) in [5.74, 6) is -0.443. The summed E-state index contributed by atoms with van der Waals surface area (Å²) in [6, 6.07) is 16.5. The topological polar surface area (TPSA) is 64.6 Å². The van der Waals surface area contributed by atoms with Crippen LogP contribution in [-0.2, 0) is 16.1 Å². The molecule has 0 heterocycles. The molecule has 0 bridgehead atoms. The van der Waals surface area contributed by atoms with Gasteiger partial charge in [-0.3, -0.25) is 4.79 Å². The van der Waals surface area contributed by atoms with Gasteiger partial charge < -0.3 is 14.8 Å². The second kappa shape index (κ2) is 10.1. The lowest BCUT2D eigenvalue weighted by atomic mass is 10.2. The number of nitrogens with one attached hydrogen (secondary N) is 1. The summed E-state index contributed by atoms with van der Waals surface area (Å²) in [5.41, 5.74) is 1.31. The average molecular weight is 341 g/mol. The first kappa shape index (κ1) is 18.5.